The van der Waals surface area contributed by atoms with Crippen LogP contribution >= 0.6 is 0 Å². The van der Waals surface area contributed by atoms with Gasteiger partial charge in [-0.25, -0.2) is 8.42 Å². The minimum Gasteiger partial charge on any atom is -0.491 e. The number of anilines is 1. The summed E-state index contributed by atoms with van der Waals surface area (Å²) < 4.78 is 33.4. The van der Waals surface area contributed by atoms with Gasteiger partial charge in [-0.2, -0.15) is 4.31 Å². The third-order valence-corrected chi connectivity index (χ3v) is 7.05. The Balaban J connectivity index is 1.82. The number of carbonyl (C=O) groups excluding carboxylic acids is 1. The van der Waals surface area contributed by atoms with E-state index in [1.807, 2.05) is 26.0 Å². The van der Waals surface area contributed by atoms with Crippen LogP contribution in [0.4, 0.5) is 5.69 Å². The van der Waals surface area contributed by atoms with Crippen molar-refractivity contribution in [2.75, 3.05) is 18.5 Å². The fraction of sp³-hybridized carbons (Fsp3) is 0.409. The zero-order chi connectivity index (χ0) is 20.9. The number of benzene rings is 2. The van der Waals surface area contributed by atoms with Gasteiger partial charge in [-0.3, -0.25) is 4.79 Å². The summed E-state index contributed by atoms with van der Waals surface area (Å²) in [7, 11) is -3.63. The van der Waals surface area contributed by atoms with Crippen LogP contribution in [-0.2, 0) is 10.0 Å². The van der Waals surface area contributed by atoms with Gasteiger partial charge in [-0.05, 0) is 56.5 Å². The standard InChI is InChI=1S/C22H28N2O4S/c1-3-15-28-21-13-5-4-12-20(21)23-22(25)18-10-8-11-19(16-18)29(26,27)24-14-7-6-9-17(24)2/h4-5,8,10-13,16-17H,3,6-7,9,14-15H2,1-2H3,(H,23,25). The van der Waals surface area contributed by atoms with E-state index in [2.05, 4.69) is 5.32 Å². The maximum Gasteiger partial charge on any atom is 0.255 e. The summed E-state index contributed by atoms with van der Waals surface area (Å²) in [5, 5.41) is 2.83. The Hall–Kier alpha value is -2.38. The number of carbonyl (C=O) groups is 1. The summed E-state index contributed by atoms with van der Waals surface area (Å²) in [6, 6.07) is 13.4. The highest BCUT2D eigenvalue weighted by Crippen LogP contribution is 2.27. The number of rotatable bonds is 7. The fourth-order valence-electron chi connectivity index (χ4n) is 3.46. The van der Waals surface area contributed by atoms with Gasteiger partial charge in [0.25, 0.3) is 5.91 Å². The molecule has 1 unspecified atom stereocenters. The topological polar surface area (TPSA) is 75.7 Å². The molecule has 3 rings (SSSR count). The third-order valence-electron chi connectivity index (χ3n) is 5.04. The summed E-state index contributed by atoms with van der Waals surface area (Å²) in [5.41, 5.74) is 0.852. The maximum atomic E-state index is 13.1. The highest BCUT2D eigenvalue weighted by Gasteiger charge is 2.31. The Labute approximate surface area is 172 Å². The van der Waals surface area contributed by atoms with Gasteiger partial charge in [-0.1, -0.05) is 31.5 Å². The van der Waals surface area contributed by atoms with Crippen LogP contribution in [0.5, 0.6) is 5.75 Å². The van der Waals surface area contributed by atoms with E-state index in [0.717, 1.165) is 25.7 Å². The van der Waals surface area contributed by atoms with Crippen LogP contribution in [0.2, 0.25) is 0 Å². The Morgan fingerprint density at radius 1 is 1.17 bits per heavy atom. The predicted octanol–water partition coefficient (Wildman–Crippen LogP) is 4.29. The molecule has 1 atom stereocenters. The normalized spacial score (nSPS) is 17.7. The minimum absolute atomic E-state index is 0.0335. The molecule has 0 aliphatic carbocycles. The molecule has 7 heteroatoms. The van der Waals surface area contributed by atoms with E-state index in [1.54, 1.807) is 34.6 Å². The van der Waals surface area contributed by atoms with Crippen molar-refractivity contribution in [2.45, 2.75) is 50.5 Å². The molecule has 6 nitrogen and oxygen atoms in total. The van der Waals surface area contributed by atoms with Crippen molar-refractivity contribution in [2.24, 2.45) is 0 Å². The fourth-order valence-corrected chi connectivity index (χ4v) is 5.21. The summed E-state index contributed by atoms with van der Waals surface area (Å²) in [6.45, 7) is 5.01. The second-order valence-corrected chi connectivity index (χ2v) is 9.18. The molecule has 1 amide bonds. The largest absolute Gasteiger partial charge is 0.491 e. The molecule has 1 N–H and O–H groups in total. The van der Waals surface area contributed by atoms with Gasteiger partial charge in [-0.15, -0.1) is 0 Å². The average molecular weight is 417 g/mol. The second-order valence-electron chi connectivity index (χ2n) is 7.29. The van der Waals surface area contributed by atoms with Crippen molar-refractivity contribution >= 4 is 21.6 Å². The van der Waals surface area contributed by atoms with E-state index in [9.17, 15) is 13.2 Å². The number of hydrogen-bond donors (Lipinski definition) is 1. The number of piperidine rings is 1. The number of para-hydroxylation sites is 2. The quantitative estimate of drug-likeness (QED) is 0.730. The summed E-state index contributed by atoms with van der Waals surface area (Å²) in [4.78, 5) is 12.9. The molecule has 0 aromatic heterocycles. The van der Waals surface area contributed by atoms with Crippen LogP contribution < -0.4 is 10.1 Å². The van der Waals surface area contributed by atoms with Crippen LogP contribution in [0.3, 0.4) is 0 Å². The van der Waals surface area contributed by atoms with Gasteiger partial charge >= 0.3 is 0 Å². The van der Waals surface area contributed by atoms with E-state index in [1.165, 1.54) is 6.07 Å². The van der Waals surface area contributed by atoms with Crippen LogP contribution in [0, 0.1) is 0 Å². The number of nitrogens with zero attached hydrogens (tertiary/aromatic N) is 1. The molecule has 0 radical (unpaired) electrons. The van der Waals surface area contributed by atoms with Crippen molar-refractivity contribution in [1.29, 1.82) is 0 Å². The lowest BCUT2D eigenvalue weighted by molar-refractivity contribution is 0.102. The van der Waals surface area contributed by atoms with Crippen LogP contribution in [0.1, 0.15) is 49.9 Å². The first-order chi connectivity index (χ1) is 13.9. The molecular weight excluding hydrogens is 388 g/mol. The van der Waals surface area contributed by atoms with E-state index in [-0.39, 0.29) is 16.8 Å². The Morgan fingerprint density at radius 2 is 1.97 bits per heavy atom. The third kappa shape index (κ3) is 4.97. The van der Waals surface area contributed by atoms with Crippen molar-refractivity contribution < 1.29 is 17.9 Å². The molecule has 1 heterocycles. The number of ether oxygens (including phenoxy) is 1. The lowest BCUT2D eigenvalue weighted by Crippen LogP contribution is -2.41. The molecule has 2 aromatic rings. The molecular formula is C22H28N2O4S. The molecule has 2 aromatic carbocycles. The van der Waals surface area contributed by atoms with E-state index in [4.69, 9.17) is 4.74 Å². The number of sulfonamides is 1. The van der Waals surface area contributed by atoms with Gasteiger partial charge in [0.15, 0.2) is 0 Å². The van der Waals surface area contributed by atoms with Gasteiger partial charge < -0.3 is 10.1 Å². The van der Waals surface area contributed by atoms with Crippen molar-refractivity contribution in [3.05, 3.63) is 54.1 Å². The first-order valence-electron chi connectivity index (χ1n) is 10.1. The molecule has 0 spiro atoms. The van der Waals surface area contributed by atoms with E-state index in [0.29, 0.717) is 30.2 Å². The summed E-state index contributed by atoms with van der Waals surface area (Å²) >= 11 is 0. The first kappa shape index (κ1) is 21.3. The lowest BCUT2D eigenvalue weighted by atomic mass is 10.1. The predicted molar refractivity (Wildman–Crippen MR) is 114 cm³/mol. The average Bonchev–Trinajstić information content (AvgIpc) is 2.73. The minimum atomic E-state index is -3.63. The van der Waals surface area contributed by atoms with Gasteiger partial charge in [0.1, 0.15) is 5.75 Å². The first-order valence-corrected chi connectivity index (χ1v) is 11.5. The zero-order valence-corrected chi connectivity index (χ0v) is 17.7. The van der Waals surface area contributed by atoms with Crippen molar-refractivity contribution in [3.8, 4) is 5.75 Å². The molecule has 0 bridgehead atoms. The summed E-state index contributed by atoms with van der Waals surface area (Å²) in [6.07, 6.45) is 3.61. The highest BCUT2D eigenvalue weighted by atomic mass is 32.2. The van der Waals surface area contributed by atoms with E-state index < -0.39 is 10.0 Å². The van der Waals surface area contributed by atoms with Crippen molar-refractivity contribution in [3.63, 3.8) is 0 Å². The molecule has 29 heavy (non-hydrogen) atoms. The van der Waals surface area contributed by atoms with Crippen LogP contribution in [-0.4, -0.2) is 37.8 Å². The maximum absolute atomic E-state index is 13.1. The number of amides is 1. The molecule has 1 saturated heterocycles. The molecule has 1 aliphatic heterocycles. The van der Waals surface area contributed by atoms with Crippen LogP contribution in [0.25, 0.3) is 0 Å². The SMILES string of the molecule is CCCOc1ccccc1NC(=O)c1cccc(S(=O)(=O)N2CCCCC2C)c1. The smallest absolute Gasteiger partial charge is 0.255 e. The molecule has 156 valence electrons. The number of hydrogen-bond acceptors (Lipinski definition) is 4. The second kappa shape index (κ2) is 9.41. The van der Waals surface area contributed by atoms with E-state index >= 15 is 0 Å². The highest BCUT2D eigenvalue weighted by molar-refractivity contribution is 7.89. The Morgan fingerprint density at radius 3 is 2.72 bits per heavy atom. The molecule has 1 fully saturated rings. The monoisotopic (exact) mass is 416 g/mol. The van der Waals surface area contributed by atoms with Gasteiger partial charge in [0.2, 0.25) is 10.0 Å². The molecule has 0 saturated carbocycles. The summed E-state index contributed by atoms with van der Waals surface area (Å²) in [5.74, 6) is 0.218. The Kier molecular flexibility index (Phi) is 6.92. The number of nitrogens with one attached hydrogen (secondary N) is 1. The van der Waals surface area contributed by atoms with Gasteiger partial charge in [0.05, 0.1) is 17.2 Å². The zero-order valence-electron chi connectivity index (χ0n) is 16.9. The van der Waals surface area contributed by atoms with Gasteiger partial charge in [0, 0.05) is 18.2 Å². The Bertz CT molecular complexity index is 959. The lowest BCUT2D eigenvalue weighted by Gasteiger charge is -2.32. The van der Waals surface area contributed by atoms with Crippen molar-refractivity contribution in [1.82, 2.24) is 4.31 Å². The molecule has 1 aliphatic rings. The van der Waals surface area contributed by atoms with Crippen LogP contribution in [0.15, 0.2) is 53.4 Å².